The normalized spacial score (nSPS) is 11.0. The summed E-state index contributed by atoms with van der Waals surface area (Å²) < 4.78 is 0. The number of hydrogen-bond acceptors (Lipinski definition) is 5. The van der Waals surface area contributed by atoms with E-state index in [1.54, 1.807) is 0 Å². The Bertz CT molecular complexity index is 917. The molecule has 0 saturated carbocycles. The molecule has 2 aromatic heterocycles. The molecule has 24 heavy (non-hydrogen) atoms. The van der Waals surface area contributed by atoms with Crippen LogP contribution in [0.15, 0.2) is 24.3 Å². The summed E-state index contributed by atoms with van der Waals surface area (Å²) in [6, 6.07) is 8.06. The third-order valence-corrected chi connectivity index (χ3v) is 4.83. The molecule has 0 aliphatic heterocycles. The van der Waals surface area contributed by atoms with Crippen molar-refractivity contribution in [1.29, 1.82) is 0 Å². The number of nitrogens with two attached hydrogens (primary N) is 1. The maximum atomic E-state index is 12.2. The van der Waals surface area contributed by atoms with Gasteiger partial charge in [0.1, 0.15) is 4.83 Å². The molecule has 0 saturated heterocycles. The van der Waals surface area contributed by atoms with Gasteiger partial charge >= 0.3 is 0 Å². The number of aromatic nitrogens is 2. The van der Waals surface area contributed by atoms with Crippen LogP contribution in [0.3, 0.4) is 0 Å². The van der Waals surface area contributed by atoms with Crippen molar-refractivity contribution < 1.29 is 4.79 Å². The molecule has 1 amide bonds. The fourth-order valence-corrected chi connectivity index (χ4v) is 3.61. The van der Waals surface area contributed by atoms with Crippen LogP contribution in [-0.2, 0) is 0 Å². The largest absolute Gasteiger partial charge is 0.368 e. The number of amides is 1. The maximum Gasteiger partial charge on any atom is 0.261 e. The fourth-order valence-electron chi connectivity index (χ4n) is 2.66. The van der Waals surface area contributed by atoms with Gasteiger partial charge in [0.2, 0.25) is 5.95 Å². The van der Waals surface area contributed by atoms with Crippen molar-refractivity contribution in [3.63, 3.8) is 0 Å². The highest BCUT2D eigenvalue weighted by Gasteiger charge is 2.17. The lowest BCUT2D eigenvalue weighted by atomic mass is 10.0. The molecule has 0 aliphatic carbocycles. The third kappa shape index (κ3) is 3.10. The molecule has 0 fully saturated rings. The Labute approximate surface area is 144 Å². The van der Waals surface area contributed by atoms with Crippen LogP contribution < -0.4 is 11.1 Å². The van der Waals surface area contributed by atoms with Crippen LogP contribution >= 0.6 is 11.3 Å². The lowest BCUT2D eigenvalue weighted by Crippen LogP contribution is -2.22. The van der Waals surface area contributed by atoms with Crippen LogP contribution in [0, 0.1) is 13.8 Å². The van der Waals surface area contributed by atoms with E-state index in [-0.39, 0.29) is 11.9 Å². The predicted octanol–water partition coefficient (Wildman–Crippen LogP) is 3.70. The second-order valence-electron chi connectivity index (χ2n) is 5.83. The number of thiophene rings is 1. The molecule has 5 nitrogen and oxygen atoms in total. The SMILES string of the molecule is CCCNC(=O)c1cc2c(-c3ccc(C)cc3C)nc(N)nc2s1. The first-order valence-electron chi connectivity index (χ1n) is 7.92. The van der Waals surface area contributed by atoms with Crippen molar-refractivity contribution in [2.24, 2.45) is 0 Å². The van der Waals surface area contributed by atoms with Gasteiger partial charge in [-0.15, -0.1) is 11.3 Å². The lowest BCUT2D eigenvalue weighted by molar-refractivity contribution is 0.0958. The van der Waals surface area contributed by atoms with Crippen LogP contribution in [-0.4, -0.2) is 22.4 Å². The number of carbonyl (C=O) groups is 1. The number of hydrogen-bond donors (Lipinski definition) is 2. The first-order valence-corrected chi connectivity index (χ1v) is 8.74. The first kappa shape index (κ1) is 16.4. The zero-order chi connectivity index (χ0) is 17.3. The summed E-state index contributed by atoms with van der Waals surface area (Å²) in [4.78, 5) is 22.3. The number of carbonyl (C=O) groups excluding carboxylic acids is 1. The van der Waals surface area contributed by atoms with E-state index in [9.17, 15) is 4.79 Å². The fraction of sp³-hybridized carbons (Fsp3) is 0.278. The van der Waals surface area contributed by atoms with Crippen LogP contribution in [0.2, 0.25) is 0 Å². The number of benzene rings is 1. The Balaban J connectivity index is 2.14. The second-order valence-corrected chi connectivity index (χ2v) is 6.86. The van der Waals surface area contributed by atoms with Crippen molar-refractivity contribution in [3.05, 3.63) is 40.3 Å². The van der Waals surface area contributed by atoms with Gasteiger partial charge in [0.25, 0.3) is 5.91 Å². The van der Waals surface area contributed by atoms with Gasteiger partial charge in [-0.3, -0.25) is 4.79 Å². The Morgan fingerprint density at radius 2 is 2.04 bits per heavy atom. The van der Waals surface area contributed by atoms with Crippen LogP contribution in [0.1, 0.15) is 34.1 Å². The van der Waals surface area contributed by atoms with Gasteiger partial charge in [0, 0.05) is 17.5 Å². The van der Waals surface area contributed by atoms with Crippen molar-refractivity contribution in [2.45, 2.75) is 27.2 Å². The van der Waals surface area contributed by atoms with E-state index in [1.807, 2.05) is 32.0 Å². The van der Waals surface area contributed by atoms with Gasteiger partial charge in [-0.05, 0) is 31.9 Å². The molecule has 0 aliphatic rings. The van der Waals surface area contributed by atoms with Gasteiger partial charge in [-0.25, -0.2) is 9.97 Å². The van der Waals surface area contributed by atoms with Gasteiger partial charge in [0.05, 0.1) is 10.6 Å². The zero-order valence-corrected chi connectivity index (χ0v) is 14.8. The Morgan fingerprint density at radius 3 is 2.75 bits per heavy atom. The number of nitrogens with one attached hydrogen (secondary N) is 1. The third-order valence-electron chi connectivity index (χ3n) is 3.81. The molecule has 124 valence electrons. The van der Waals surface area contributed by atoms with E-state index >= 15 is 0 Å². The number of aryl methyl sites for hydroxylation is 2. The van der Waals surface area contributed by atoms with Gasteiger partial charge in [0.15, 0.2) is 0 Å². The highest BCUT2D eigenvalue weighted by molar-refractivity contribution is 7.20. The van der Waals surface area contributed by atoms with E-state index in [0.717, 1.165) is 33.5 Å². The minimum Gasteiger partial charge on any atom is -0.368 e. The minimum atomic E-state index is -0.0787. The molecule has 0 unspecified atom stereocenters. The lowest BCUT2D eigenvalue weighted by Gasteiger charge is -2.08. The molecule has 6 heteroatoms. The quantitative estimate of drug-likeness (QED) is 0.759. The van der Waals surface area contributed by atoms with Crippen molar-refractivity contribution in [3.8, 4) is 11.3 Å². The summed E-state index contributed by atoms with van der Waals surface area (Å²) in [7, 11) is 0. The highest BCUT2D eigenvalue weighted by Crippen LogP contribution is 2.34. The van der Waals surface area contributed by atoms with E-state index < -0.39 is 0 Å². The van der Waals surface area contributed by atoms with Crippen molar-refractivity contribution >= 4 is 33.4 Å². The average molecular weight is 340 g/mol. The zero-order valence-electron chi connectivity index (χ0n) is 14.0. The summed E-state index contributed by atoms with van der Waals surface area (Å²) >= 11 is 1.34. The Hall–Kier alpha value is -2.47. The summed E-state index contributed by atoms with van der Waals surface area (Å²) in [5.74, 6) is 0.143. The van der Waals surface area contributed by atoms with Crippen molar-refractivity contribution in [2.75, 3.05) is 12.3 Å². The Morgan fingerprint density at radius 1 is 1.25 bits per heavy atom. The average Bonchev–Trinajstić information content (AvgIpc) is 2.96. The molecule has 3 aromatic rings. The molecule has 2 heterocycles. The van der Waals surface area contributed by atoms with Crippen molar-refractivity contribution in [1.82, 2.24) is 15.3 Å². The standard InChI is InChI=1S/C18H20N4OS/c1-4-7-20-16(23)14-9-13-15(21-18(19)22-17(13)24-14)12-6-5-10(2)8-11(12)3/h5-6,8-9H,4,7H2,1-3H3,(H,20,23)(H2,19,21,22). The summed E-state index contributed by atoms with van der Waals surface area (Å²) in [6.45, 7) is 6.79. The van der Waals surface area contributed by atoms with E-state index in [1.165, 1.54) is 16.9 Å². The molecule has 3 rings (SSSR count). The number of rotatable bonds is 4. The highest BCUT2D eigenvalue weighted by atomic mass is 32.1. The number of nitrogen functional groups attached to an aromatic ring is 1. The number of fused-ring (bicyclic) bond motifs is 1. The number of anilines is 1. The Kier molecular flexibility index (Phi) is 4.49. The van der Waals surface area contributed by atoms with Gasteiger partial charge in [-0.2, -0.15) is 0 Å². The molecule has 1 aromatic carbocycles. The van der Waals surface area contributed by atoms with E-state index in [4.69, 9.17) is 5.73 Å². The van der Waals surface area contributed by atoms with Crippen LogP contribution in [0.4, 0.5) is 5.95 Å². The molecule has 0 spiro atoms. The minimum absolute atomic E-state index is 0.0787. The van der Waals surface area contributed by atoms with Gasteiger partial charge < -0.3 is 11.1 Å². The molecule has 0 radical (unpaired) electrons. The number of nitrogens with zero attached hydrogens (tertiary/aromatic N) is 2. The summed E-state index contributed by atoms with van der Waals surface area (Å²) in [5.41, 5.74) is 10.00. The van der Waals surface area contributed by atoms with Gasteiger partial charge in [-0.1, -0.05) is 30.7 Å². The first-order chi connectivity index (χ1) is 11.5. The molecular formula is C18H20N4OS. The predicted molar refractivity (Wildman–Crippen MR) is 99.4 cm³/mol. The molecule has 0 bridgehead atoms. The smallest absolute Gasteiger partial charge is 0.261 e. The molecular weight excluding hydrogens is 320 g/mol. The van der Waals surface area contributed by atoms with E-state index in [2.05, 4.69) is 28.3 Å². The molecule has 0 atom stereocenters. The van der Waals surface area contributed by atoms with E-state index in [0.29, 0.717) is 11.4 Å². The topological polar surface area (TPSA) is 80.9 Å². The monoisotopic (exact) mass is 340 g/mol. The maximum absolute atomic E-state index is 12.2. The van der Waals surface area contributed by atoms with Crippen LogP contribution in [0.5, 0.6) is 0 Å². The summed E-state index contributed by atoms with van der Waals surface area (Å²) in [6.07, 6.45) is 0.900. The second kappa shape index (κ2) is 6.57. The van der Waals surface area contributed by atoms with Crippen LogP contribution in [0.25, 0.3) is 21.5 Å². The molecule has 3 N–H and O–H groups in total. The summed E-state index contributed by atoms with van der Waals surface area (Å²) in [5, 5.41) is 3.76.